The van der Waals surface area contributed by atoms with Crippen LogP contribution in [0.3, 0.4) is 0 Å². The van der Waals surface area contributed by atoms with E-state index in [0.717, 1.165) is 12.8 Å². The van der Waals surface area contributed by atoms with Crippen molar-refractivity contribution in [3.63, 3.8) is 0 Å². The average molecular weight is 426 g/mol. The standard InChI is InChI=1S/C23H26N2O6/c1-3-31-23(29)15-7-6-12-25(14-15)16-10-11-19(18(13-16)22(27)28)24-21(26)17-8-4-5-9-20(17)30-2/h4-5,8-11,13,15H,3,6-7,12,14H2,1-2H3,(H,24,26)(H,27,28). The van der Waals surface area contributed by atoms with Crippen LogP contribution in [0.4, 0.5) is 11.4 Å². The van der Waals surface area contributed by atoms with Crippen LogP contribution in [0, 0.1) is 5.92 Å². The molecule has 1 heterocycles. The Bertz CT molecular complexity index is 974. The molecule has 0 spiro atoms. The highest BCUT2D eigenvalue weighted by molar-refractivity contribution is 6.09. The van der Waals surface area contributed by atoms with E-state index < -0.39 is 11.9 Å². The Labute approximate surface area is 180 Å². The zero-order valence-electron chi connectivity index (χ0n) is 17.6. The maximum atomic E-state index is 12.7. The Balaban J connectivity index is 1.82. The van der Waals surface area contributed by atoms with Gasteiger partial charge in [-0.25, -0.2) is 4.79 Å². The fourth-order valence-corrected chi connectivity index (χ4v) is 3.70. The molecule has 2 aromatic rings. The zero-order valence-corrected chi connectivity index (χ0v) is 17.6. The number of carboxylic acid groups (broad SMARTS) is 1. The van der Waals surface area contributed by atoms with E-state index in [9.17, 15) is 19.5 Å². The summed E-state index contributed by atoms with van der Waals surface area (Å²) in [4.78, 5) is 38.7. The van der Waals surface area contributed by atoms with Crippen molar-refractivity contribution in [2.24, 2.45) is 5.92 Å². The van der Waals surface area contributed by atoms with Crippen LogP contribution in [0.1, 0.15) is 40.5 Å². The minimum Gasteiger partial charge on any atom is -0.496 e. The highest BCUT2D eigenvalue weighted by atomic mass is 16.5. The van der Waals surface area contributed by atoms with Crippen LogP contribution in [0.5, 0.6) is 5.75 Å². The van der Waals surface area contributed by atoms with Crippen molar-refractivity contribution in [2.45, 2.75) is 19.8 Å². The maximum Gasteiger partial charge on any atom is 0.337 e. The van der Waals surface area contributed by atoms with Crippen LogP contribution in [0.15, 0.2) is 42.5 Å². The predicted molar refractivity (Wildman–Crippen MR) is 116 cm³/mol. The van der Waals surface area contributed by atoms with Crippen LogP contribution >= 0.6 is 0 Å². The topological polar surface area (TPSA) is 105 Å². The second-order valence-electron chi connectivity index (χ2n) is 7.23. The molecule has 2 N–H and O–H groups in total. The molecule has 0 saturated carbocycles. The second-order valence-corrected chi connectivity index (χ2v) is 7.23. The van der Waals surface area contributed by atoms with E-state index in [2.05, 4.69) is 5.32 Å². The van der Waals surface area contributed by atoms with Gasteiger partial charge in [0, 0.05) is 18.8 Å². The van der Waals surface area contributed by atoms with Gasteiger partial charge in [-0.1, -0.05) is 12.1 Å². The third-order valence-electron chi connectivity index (χ3n) is 5.24. The van der Waals surface area contributed by atoms with E-state index in [1.54, 1.807) is 43.3 Å². The van der Waals surface area contributed by atoms with Crippen LogP contribution < -0.4 is 15.0 Å². The number of methoxy groups -OCH3 is 1. The minimum absolute atomic E-state index is 0.0287. The molecule has 2 aromatic carbocycles. The number of esters is 1. The molecule has 31 heavy (non-hydrogen) atoms. The first kappa shape index (κ1) is 22.1. The molecule has 0 aromatic heterocycles. The largest absolute Gasteiger partial charge is 0.496 e. The van der Waals surface area contributed by atoms with Crippen LogP contribution in [0.2, 0.25) is 0 Å². The number of benzene rings is 2. The molecule has 1 atom stereocenters. The predicted octanol–water partition coefficient (Wildman–Crippen LogP) is 3.43. The van der Waals surface area contributed by atoms with Gasteiger partial charge in [-0.05, 0) is 50.1 Å². The van der Waals surface area contributed by atoms with Crippen LogP contribution in [0.25, 0.3) is 0 Å². The molecule has 1 fully saturated rings. The maximum absolute atomic E-state index is 12.7. The number of rotatable bonds is 7. The smallest absolute Gasteiger partial charge is 0.337 e. The molecule has 0 aliphatic carbocycles. The van der Waals surface area contributed by atoms with Gasteiger partial charge in [0.05, 0.1) is 36.4 Å². The summed E-state index contributed by atoms with van der Waals surface area (Å²) >= 11 is 0. The van der Waals surface area contributed by atoms with E-state index in [4.69, 9.17) is 9.47 Å². The molecule has 8 nitrogen and oxygen atoms in total. The van der Waals surface area contributed by atoms with Crippen LogP contribution in [-0.4, -0.2) is 49.8 Å². The number of hydrogen-bond donors (Lipinski definition) is 2. The number of nitrogens with zero attached hydrogens (tertiary/aromatic N) is 1. The lowest BCUT2D eigenvalue weighted by atomic mass is 9.97. The first-order chi connectivity index (χ1) is 14.9. The number of carbonyl (C=O) groups is 3. The summed E-state index contributed by atoms with van der Waals surface area (Å²) in [7, 11) is 1.46. The van der Waals surface area contributed by atoms with Gasteiger partial charge in [0.15, 0.2) is 0 Å². The molecule has 1 amide bonds. The fraction of sp³-hybridized carbons (Fsp3) is 0.348. The number of carbonyl (C=O) groups excluding carboxylic acids is 2. The third kappa shape index (κ3) is 5.14. The average Bonchev–Trinajstić information content (AvgIpc) is 2.79. The summed E-state index contributed by atoms with van der Waals surface area (Å²) in [5, 5.41) is 12.4. The lowest BCUT2D eigenvalue weighted by Crippen LogP contribution is -2.39. The van der Waals surface area contributed by atoms with Crippen molar-refractivity contribution >= 4 is 29.2 Å². The van der Waals surface area contributed by atoms with Crippen molar-refractivity contribution in [1.82, 2.24) is 0 Å². The summed E-state index contributed by atoms with van der Waals surface area (Å²) in [5.41, 5.74) is 1.14. The number of anilines is 2. The first-order valence-corrected chi connectivity index (χ1v) is 10.2. The number of carboxylic acids is 1. The Kier molecular flexibility index (Phi) is 7.12. The Hall–Kier alpha value is -3.55. The van der Waals surface area contributed by atoms with Gasteiger partial charge in [-0.15, -0.1) is 0 Å². The monoisotopic (exact) mass is 426 g/mol. The van der Waals surface area contributed by atoms with E-state index >= 15 is 0 Å². The molecule has 1 aliphatic heterocycles. The molecule has 0 radical (unpaired) electrons. The first-order valence-electron chi connectivity index (χ1n) is 10.2. The SMILES string of the molecule is CCOC(=O)C1CCCN(c2ccc(NC(=O)c3ccccc3OC)c(C(=O)O)c2)C1. The molecular formula is C23H26N2O6. The minimum atomic E-state index is -1.16. The Morgan fingerprint density at radius 3 is 2.65 bits per heavy atom. The highest BCUT2D eigenvalue weighted by Gasteiger charge is 2.28. The van der Waals surface area contributed by atoms with E-state index in [1.165, 1.54) is 13.2 Å². The molecule has 1 saturated heterocycles. The molecule has 3 rings (SSSR count). The van der Waals surface area contributed by atoms with Gasteiger partial charge < -0.3 is 24.8 Å². The summed E-state index contributed by atoms with van der Waals surface area (Å²) in [6.07, 6.45) is 1.55. The van der Waals surface area contributed by atoms with Crippen molar-refractivity contribution in [1.29, 1.82) is 0 Å². The van der Waals surface area contributed by atoms with Crippen molar-refractivity contribution in [2.75, 3.05) is 37.0 Å². The van der Waals surface area contributed by atoms with Gasteiger partial charge >= 0.3 is 11.9 Å². The van der Waals surface area contributed by atoms with E-state index in [-0.39, 0.29) is 23.1 Å². The summed E-state index contributed by atoms with van der Waals surface area (Å²) in [6.45, 7) is 3.28. The Morgan fingerprint density at radius 2 is 1.94 bits per heavy atom. The fourth-order valence-electron chi connectivity index (χ4n) is 3.70. The number of amides is 1. The number of para-hydroxylation sites is 1. The van der Waals surface area contributed by atoms with Crippen molar-refractivity contribution in [3.05, 3.63) is 53.6 Å². The molecule has 1 aliphatic rings. The third-order valence-corrected chi connectivity index (χ3v) is 5.24. The second kappa shape index (κ2) is 9.97. The highest BCUT2D eigenvalue weighted by Crippen LogP contribution is 2.29. The van der Waals surface area contributed by atoms with Gasteiger partial charge in [0.1, 0.15) is 5.75 Å². The summed E-state index contributed by atoms with van der Waals surface area (Å²) in [6, 6.07) is 11.6. The van der Waals surface area contributed by atoms with Gasteiger partial charge in [-0.3, -0.25) is 9.59 Å². The van der Waals surface area contributed by atoms with Gasteiger partial charge in [0.2, 0.25) is 0 Å². The van der Waals surface area contributed by atoms with Crippen LogP contribution in [-0.2, 0) is 9.53 Å². The Morgan fingerprint density at radius 1 is 1.16 bits per heavy atom. The van der Waals surface area contributed by atoms with E-state index in [0.29, 0.717) is 36.7 Å². The number of piperidine rings is 1. The molecule has 8 heteroatoms. The lowest BCUT2D eigenvalue weighted by molar-refractivity contribution is -0.148. The van der Waals surface area contributed by atoms with Gasteiger partial charge in [-0.2, -0.15) is 0 Å². The van der Waals surface area contributed by atoms with Gasteiger partial charge in [0.25, 0.3) is 5.91 Å². The number of aromatic carboxylic acids is 1. The molecule has 164 valence electrons. The number of nitrogens with one attached hydrogen (secondary N) is 1. The summed E-state index contributed by atoms with van der Waals surface area (Å²) < 4.78 is 10.3. The zero-order chi connectivity index (χ0) is 22.4. The molecule has 1 unspecified atom stereocenters. The van der Waals surface area contributed by atoms with E-state index in [1.807, 2.05) is 4.90 Å². The lowest BCUT2D eigenvalue weighted by Gasteiger charge is -2.33. The van der Waals surface area contributed by atoms with Crippen molar-refractivity contribution < 1.29 is 29.0 Å². The number of ether oxygens (including phenoxy) is 2. The number of hydrogen-bond acceptors (Lipinski definition) is 6. The van der Waals surface area contributed by atoms with Crippen molar-refractivity contribution in [3.8, 4) is 5.75 Å². The summed E-state index contributed by atoms with van der Waals surface area (Å²) in [5.74, 6) is -1.70. The quantitative estimate of drug-likeness (QED) is 0.654. The molecular weight excluding hydrogens is 400 g/mol. The normalized spacial score (nSPS) is 15.8. The molecule has 0 bridgehead atoms.